The predicted octanol–water partition coefficient (Wildman–Crippen LogP) is -4.12. The Bertz CT molecular complexity index is 143. The van der Waals surface area contributed by atoms with Crippen molar-refractivity contribution in [1.82, 2.24) is 0 Å². The molecule has 0 aliphatic carbocycles. The van der Waals surface area contributed by atoms with E-state index in [0.717, 1.165) is 0 Å². The molecule has 0 bridgehead atoms. The average Bonchev–Trinajstić information content (AvgIpc) is 1.59. The molecule has 0 spiro atoms. The van der Waals surface area contributed by atoms with Crippen LogP contribution in [-0.4, -0.2) is 25.3 Å². The molecule has 0 aliphatic rings. The first-order valence-corrected chi connectivity index (χ1v) is 3.77. The van der Waals surface area contributed by atoms with Crippen molar-refractivity contribution < 1.29 is 31.8 Å². The number of hydrogen-bond acceptors (Lipinski definition) is 4. The van der Waals surface area contributed by atoms with Gasteiger partial charge in [0, 0.05) is 5.75 Å². The quantitative estimate of drug-likeness (QED) is 0.323. The summed E-state index contributed by atoms with van der Waals surface area (Å²) in [5, 5.41) is 0. The van der Waals surface area contributed by atoms with Crippen molar-refractivity contribution in [3.63, 3.8) is 0 Å². The summed E-state index contributed by atoms with van der Waals surface area (Å²) in [4.78, 5) is 0. The Kier molecular flexibility index (Phi) is 7.12. The summed E-state index contributed by atoms with van der Waals surface area (Å²) in [7, 11) is -4.02. The molecule has 4 nitrogen and oxygen atoms in total. The molecule has 0 fully saturated rings. The molecule has 0 unspecified atom stereocenters. The number of rotatable bonds is 3. The van der Waals surface area contributed by atoms with Gasteiger partial charge in [-0.15, -0.1) is 0 Å². The maximum atomic E-state index is 9.78. The Balaban J connectivity index is 0. The molecular formula is C3H8LiNO3S. The minimum absolute atomic E-state index is 0. The summed E-state index contributed by atoms with van der Waals surface area (Å²) in [6, 6.07) is 0. The van der Waals surface area contributed by atoms with Crippen LogP contribution in [-0.2, 0) is 10.1 Å². The Morgan fingerprint density at radius 3 is 2.00 bits per heavy atom. The summed E-state index contributed by atoms with van der Waals surface area (Å²) in [6.45, 7) is 0.251. The van der Waals surface area contributed by atoms with Gasteiger partial charge in [0.1, 0.15) is 0 Å². The van der Waals surface area contributed by atoms with Gasteiger partial charge in [-0.3, -0.25) is 0 Å². The monoisotopic (exact) mass is 145 g/mol. The van der Waals surface area contributed by atoms with Gasteiger partial charge < -0.3 is 10.3 Å². The normalized spacial score (nSPS) is 10.4. The van der Waals surface area contributed by atoms with Crippen LogP contribution in [0.2, 0.25) is 0 Å². The van der Waals surface area contributed by atoms with Gasteiger partial charge in [0.15, 0.2) is 0 Å². The van der Waals surface area contributed by atoms with Gasteiger partial charge in [0.2, 0.25) is 0 Å². The first kappa shape index (κ1) is 12.2. The number of nitrogens with two attached hydrogens (primary N) is 1. The van der Waals surface area contributed by atoms with E-state index >= 15 is 0 Å². The first-order valence-electron chi connectivity index (χ1n) is 2.20. The molecule has 50 valence electrons. The molecule has 0 saturated heterocycles. The molecular weight excluding hydrogens is 137 g/mol. The van der Waals surface area contributed by atoms with Gasteiger partial charge >= 0.3 is 18.9 Å². The average molecular weight is 145 g/mol. The van der Waals surface area contributed by atoms with Crippen LogP contribution in [0, 0.1) is 0 Å². The Morgan fingerprint density at radius 1 is 1.44 bits per heavy atom. The van der Waals surface area contributed by atoms with Gasteiger partial charge in [-0.1, -0.05) is 0 Å². The van der Waals surface area contributed by atoms with E-state index in [1.54, 1.807) is 0 Å². The van der Waals surface area contributed by atoms with E-state index < -0.39 is 10.1 Å². The van der Waals surface area contributed by atoms with E-state index in [-0.39, 0.29) is 37.6 Å². The fourth-order valence-corrected chi connectivity index (χ4v) is 0.780. The van der Waals surface area contributed by atoms with Gasteiger partial charge in [-0.2, -0.15) is 0 Å². The van der Waals surface area contributed by atoms with Crippen molar-refractivity contribution >= 4 is 10.1 Å². The molecule has 0 aromatic rings. The van der Waals surface area contributed by atoms with Crippen molar-refractivity contribution in [1.29, 1.82) is 0 Å². The Hall–Kier alpha value is 0.467. The topological polar surface area (TPSA) is 83.2 Å². The SMILES string of the molecule is NCCCS(=O)(=O)[O-].[Li+]. The first-order chi connectivity index (χ1) is 3.56. The second kappa shape index (κ2) is 5.27. The van der Waals surface area contributed by atoms with Crippen molar-refractivity contribution in [2.45, 2.75) is 6.42 Å². The fraction of sp³-hybridized carbons (Fsp3) is 1.00. The van der Waals surface area contributed by atoms with Crippen molar-refractivity contribution in [3.8, 4) is 0 Å². The van der Waals surface area contributed by atoms with Crippen LogP contribution in [0.3, 0.4) is 0 Å². The summed E-state index contributed by atoms with van der Waals surface area (Å²) in [5.41, 5.74) is 4.93. The Labute approximate surface area is 66.7 Å². The fourth-order valence-electron chi connectivity index (χ4n) is 0.260. The molecule has 0 rings (SSSR count). The zero-order valence-corrected chi connectivity index (χ0v) is 6.15. The molecule has 0 aromatic carbocycles. The molecule has 0 aliphatic heterocycles. The second-order valence-electron chi connectivity index (χ2n) is 1.40. The van der Waals surface area contributed by atoms with Gasteiger partial charge in [0.25, 0.3) is 0 Å². The van der Waals surface area contributed by atoms with Gasteiger partial charge in [-0.25, -0.2) is 8.42 Å². The van der Waals surface area contributed by atoms with E-state index in [1.165, 1.54) is 0 Å². The molecule has 0 amide bonds. The smallest absolute Gasteiger partial charge is 0.748 e. The third-order valence-corrected chi connectivity index (χ3v) is 1.39. The van der Waals surface area contributed by atoms with Crippen LogP contribution in [0.15, 0.2) is 0 Å². The summed E-state index contributed by atoms with van der Waals surface area (Å²) >= 11 is 0. The molecule has 0 atom stereocenters. The van der Waals surface area contributed by atoms with Crippen LogP contribution >= 0.6 is 0 Å². The van der Waals surface area contributed by atoms with Crippen LogP contribution in [0.1, 0.15) is 6.42 Å². The number of hydrogen-bond donors (Lipinski definition) is 1. The molecule has 0 heterocycles. The van der Waals surface area contributed by atoms with Crippen LogP contribution in [0.25, 0.3) is 0 Å². The second-order valence-corrected chi connectivity index (χ2v) is 2.93. The largest absolute Gasteiger partial charge is 1.00 e. The summed E-state index contributed by atoms with van der Waals surface area (Å²) < 4.78 is 29.3. The maximum absolute atomic E-state index is 9.78. The van der Waals surface area contributed by atoms with Gasteiger partial charge in [-0.05, 0) is 13.0 Å². The van der Waals surface area contributed by atoms with E-state index in [2.05, 4.69) is 0 Å². The van der Waals surface area contributed by atoms with Gasteiger partial charge in [0.05, 0.1) is 10.1 Å². The van der Waals surface area contributed by atoms with Crippen molar-refractivity contribution in [2.75, 3.05) is 12.3 Å². The summed E-state index contributed by atoms with van der Waals surface area (Å²) in [5.74, 6) is -0.344. The molecule has 0 aromatic heterocycles. The van der Waals surface area contributed by atoms with Crippen LogP contribution in [0.5, 0.6) is 0 Å². The van der Waals surface area contributed by atoms with Crippen molar-refractivity contribution in [2.24, 2.45) is 5.73 Å². The molecule has 6 heteroatoms. The van der Waals surface area contributed by atoms with E-state index in [9.17, 15) is 13.0 Å². The predicted molar refractivity (Wildman–Crippen MR) is 28.2 cm³/mol. The van der Waals surface area contributed by atoms with E-state index in [0.29, 0.717) is 0 Å². The van der Waals surface area contributed by atoms with Crippen LogP contribution < -0.4 is 24.6 Å². The van der Waals surface area contributed by atoms with Crippen molar-refractivity contribution in [3.05, 3.63) is 0 Å². The van der Waals surface area contributed by atoms with Crippen LogP contribution in [0.4, 0.5) is 0 Å². The molecule has 2 N–H and O–H groups in total. The minimum Gasteiger partial charge on any atom is -0.748 e. The third-order valence-electron chi connectivity index (χ3n) is 0.598. The zero-order valence-electron chi connectivity index (χ0n) is 5.33. The molecule has 0 radical (unpaired) electrons. The molecule has 0 saturated carbocycles. The molecule has 9 heavy (non-hydrogen) atoms. The van der Waals surface area contributed by atoms with E-state index in [1.807, 2.05) is 0 Å². The Morgan fingerprint density at radius 2 is 1.89 bits per heavy atom. The minimum atomic E-state index is -4.02. The standard InChI is InChI=1S/C3H9NO3S.Li/c4-2-1-3-8(5,6)7;/h1-4H2,(H,5,6,7);/q;+1/p-1. The third kappa shape index (κ3) is 11.8. The summed E-state index contributed by atoms with van der Waals surface area (Å²) in [6.07, 6.45) is 0.256. The van der Waals surface area contributed by atoms with E-state index in [4.69, 9.17) is 5.73 Å². The maximum Gasteiger partial charge on any atom is 1.00 e. The zero-order chi connectivity index (χ0) is 6.62.